The average Bonchev–Trinajstić information content (AvgIpc) is 2.16. The smallest absolute Gasteiger partial charge is 0.333 e. The van der Waals surface area contributed by atoms with Crippen molar-refractivity contribution in [3.8, 4) is 0 Å². The topological polar surface area (TPSA) is 66.8 Å². The molecule has 90 valence electrons. The highest BCUT2D eigenvalue weighted by molar-refractivity contribution is 5.88. The summed E-state index contributed by atoms with van der Waals surface area (Å²) in [6.07, 6.45) is 2.52. The molecule has 0 aromatic rings. The Labute approximate surface area is 95.0 Å². The highest BCUT2D eigenvalue weighted by Crippen LogP contribution is 2.02. The number of carboxylic acid groups (broad SMARTS) is 1. The van der Waals surface area contributed by atoms with Crippen LogP contribution < -0.4 is 0 Å². The van der Waals surface area contributed by atoms with Crippen molar-refractivity contribution in [1.82, 2.24) is 4.90 Å². The Morgan fingerprint density at radius 1 is 1.44 bits per heavy atom. The first-order valence-corrected chi connectivity index (χ1v) is 4.82. The molecule has 0 aromatic heterocycles. The number of aliphatic carboxylic acids is 1. The number of allylic oxidation sites excluding steroid dienone is 1. The van der Waals surface area contributed by atoms with Gasteiger partial charge in [-0.3, -0.25) is 0 Å². The minimum absolute atomic E-state index is 0.188. The third-order valence-electron chi connectivity index (χ3n) is 1.69. The zero-order valence-corrected chi connectivity index (χ0v) is 9.60. The number of hydrogen-bond donors (Lipinski definition) is 1. The number of hydrogen-bond acceptors (Lipinski definition) is 4. The summed E-state index contributed by atoms with van der Waals surface area (Å²) in [6, 6.07) is 0. The molecule has 0 aromatic carbocycles. The number of carbonyl (C=O) groups excluding carboxylic acids is 1. The molecule has 1 N–H and O–H groups in total. The maximum atomic E-state index is 11.3. The van der Waals surface area contributed by atoms with Crippen molar-refractivity contribution in [2.75, 3.05) is 27.2 Å². The van der Waals surface area contributed by atoms with Crippen molar-refractivity contribution >= 4 is 11.9 Å². The Bertz CT molecular complexity index is 294. The van der Waals surface area contributed by atoms with Crippen molar-refractivity contribution < 1.29 is 19.4 Å². The van der Waals surface area contributed by atoms with Gasteiger partial charge >= 0.3 is 11.9 Å². The van der Waals surface area contributed by atoms with Gasteiger partial charge in [0.15, 0.2) is 0 Å². The monoisotopic (exact) mass is 227 g/mol. The molecule has 0 saturated heterocycles. The molecule has 0 aliphatic heterocycles. The molecule has 16 heavy (non-hydrogen) atoms. The van der Waals surface area contributed by atoms with Gasteiger partial charge in [0.25, 0.3) is 0 Å². The van der Waals surface area contributed by atoms with Crippen molar-refractivity contribution in [1.29, 1.82) is 0 Å². The van der Waals surface area contributed by atoms with Gasteiger partial charge in [0, 0.05) is 18.2 Å². The summed E-state index contributed by atoms with van der Waals surface area (Å²) in [6.45, 7) is 4.46. The van der Waals surface area contributed by atoms with Crippen LogP contribution in [0.4, 0.5) is 0 Å². The number of carboxylic acids is 1. The number of rotatable bonds is 7. The highest BCUT2D eigenvalue weighted by Gasteiger charge is 2.06. The molecule has 0 unspecified atom stereocenters. The molecule has 0 amide bonds. The molecule has 0 atom stereocenters. The summed E-state index contributed by atoms with van der Waals surface area (Å²) >= 11 is 0. The summed E-state index contributed by atoms with van der Waals surface area (Å²) in [7, 11) is 3.75. The molecule has 0 heterocycles. The van der Waals surface area contributed by atoms with Crippen LogP contribution in [0.15, 0.2) is 24.3 Å². The van der Waals surface area contributed by atoms with E-state index in [9.17, 15) is 9.59 Å². The Balaban J connectivity index is 3.82. The molecule has 0 radical (unpaired) electrons. The minimum atomic E-state index is -1.05. The summed E-state index contributed by atoms with van der Waals surface area (Å²) < 4.78 is 4.91. The Hall–Kier alpha value is -1.62. The molecule has 0 rings (SSSR count). The lowest BCUT2D eigenvalue weighted by Gasteiger charge is -2.10. The van der Waals surface area contributed by atoms with Crippen LogP contribution in [0.25, 0.3) is 0 Å². The van der Waals surface area contributed by atoms with Crippen LogP contribution in [0, 0.1) is 0 Å². The van der Waals surface area contributed by atoms with Crippen LogP contribution in [0.5, 0.6) is 0 Å². The van der Waals surface area contributed by atoms with Crippen LogP contribution in [-0.4, -0.2) is 49.2 Å². The molecule has 0 fully saturated rings. The summed E-state index contributed by atoms with van der Waals surface area (Å²) in [5, 5.41) is 8.33. The quantitative estimate of drug-likeness (QED) is 0.511. The Morgan fingerprint density at radius 3 is 2.56 bits per heavy atom. The SMILES string of the molecule is C=C(CC=CC(=O)O)C(=O)OCCN(C)C. The normalized spacial score (nSPS) is 10.7. The fourth-order valence-electron chi connectivity index (χ4n) is 0.808. The van der Waals surface area contributed by atoms with Crippen molar-refractivity contribution in [2.24, 2.45) is 0 Å². The lowest BCUT2D eigenvalue weighted by Crippen LogP contribution is -2.20. The van der Waals surface area contributed by atoms with Gasteiger partial charge in [-0.2, -0.15) is 0 Å². The average molecular weight is 227 g/mol. The summed E-state index contributed by atoms with van der Waals surface area (Å²) in [4.78, 5) is 23.3. The second kappa shape index (κ2) is 7.64. The molecular formula is C11H17NO4. The number of nitrogens with zero attached hydrogens (tertiary/aromatic N) is 1. The number of carbonyl (C=O) groups is 2. The van der Waals surface area contributed by atoms with E-state index in [0.29, 0.717) is 13.2 Å². The van der Waals surface area contributed by atoms with Crippen LogP contribution in [0.3, 0.4) is 0 Å². The van der Waals surface area contributed by atoms with E-state index in [1.165, 1.54) is 6.08 Å². The number of esters is 1. The predicted octanol–water partition coefficient (Wildman–Crippen LogP) is 0.678. The fourth-order valence-corrected chi connectivity index (χ4v) is 0.808. The highest BCUT2D eigenvalue weighted by atomic mass is 16.5. The maximum absolute atomic E-state index is 11.3. The van der Waals surface area contributed by atoms with Gasteiger partial charge in [-0.05, 0) is 20.5 Å². The van der Waals surface area contributed by atoms with Crippen molar-refractivity contribution in [3.63, 3.8) is 0 Å². The van der Waals surface area contributed by atoms with Gasteiger partial charge in [0.05, 0.1) is 0 Å². The second-order valence-electron chi connectivity index (χ2n) is 3.49. The summed E-state index contributed by atoms with van der Waals surface area (Å²) in [5.41, 5.74) is 0.247. The first kappa shape index (κ1) is 14.4. The summed E-state index contributed by atoms with van der Waals surface area (Å²) in [5.74, 6) is -1.54. The third kappa shape index (κ3) is 7.75. The van der Waals surface area contributed by atoms with E-state index in [4.69, 9.17) is 9.84 Å². The van der Waals surface area contributed by atoms with E-state index in [0.717, 1.165) is 6.08 Å². The molecule has 0 aliphatic rings. The molecular weight excluding hydrogens is 210 g/mol. The second-order valence-corrected chi connectivity index (χ2v) is 3.49. The molecule has 5 heteroatoms. The molecule has 0 saturated carbocycles. The fraction of sp³-hybridized carbons (Fsp3) is 0.455. The molecule has 0 bridgehead atoms. The largest absolute Gasteiger partial charge is 0.478 e. The van der Waals surface area contributed by atoms with E-state index in [1.54, 1.807) is 0 Å². The van der Waals surface area contributed by atoms with E-state index in [-0.39, 0.29) is 12.0 Å². The van der Waals surface area contributed by atoms with Gasteiger partial charge in [-0.15, -0.1) is 0 Å². The van der Waals surface area contributed by atoms with E-state index in [1.807, 2.05) is 19.0 Å². The zero-order valence-electron chi connectivity index (χ0n) is 9.60. The van der Waals surface area contributed by atoms with Crippen molar-refractivity contribution in [3.05, 3.63) is 24.3 Å². The van der Waals surface area contributed by atoms with Gasteiger partial charge in [-0.1, -0.05) is 12.7 Å². The number of ether oxygens (including phenoxy) is 1. The van der Waals surface area contributed by atoms with Crippen molar-refractivity contribution in [2.45, 2.75) is 6.42 Å². The van der Waals surface area contributed by atoms with Gasteiger partial charge in [0.1, 0.15) is 6.61 Å². The van der Waals surface area contributed by atoms with E-state index in [2.05, 4.69) is 6.58 Å². The zero-order chi connectivity index (χ0) is 12.6. The standard InChI is InChI=1S/C11H17NO4/c1-9(5-4-6-10(13)14)11(15)16-8-7-12(2)3/h4,6H,1,5,7-8H2,2-3H3,(H,13,14). The van der Waals surface area contributed by atoms with Crippen LogP contribution in [0.2, 0.25) is 0 Å². The first-order chi connectivity index (χ1) is 7.43. The lowest BCUT2D eigenvalue weighted by molar-refractivity contribution is -0.139. The van der Waals surface area contributed by atoms with Gasteiger partial charge < -0.3 is 14.7 Å². The molecule has 0 spiro atoms. The Kier molecular flexibility index (Phi) is 6.87. The van der Waals surface area contributed by atoms with Crippen LogP contribution in [-0.2, 0) is 14.3 Å². The first-order valence-electron chi connectivity index (χ1n) is 4.82. The lowest BCUT2D eigenvalue weighted by atomic mass is 10.2. The molecule has 5 nitrogen and oxygen atoms in total. The van der Waals surface area contributed by atoms with Crippen LogP contribution in [0.1, 0.15) is 6.42 Å². The molecule has 0 aliphatic carbocycles. The Morgan fingerprint density at radius 2 is 2.06 bits per heavy atom. The maximum Gasteiger partial charge on any atom is 0.333 e. The van der Waals surface area contributed by atoms with E-state index >= 15 is 0 Å². The number of likely N-dealkylation sites (N-methyl/N-ethyl adjacent to an activating group) is 1. The predicted molar refractivity (Wildman–Crippen MR) is 60.0 cm³/mol. The third-order valence-corrected chi connectivity index (χ3v) is 1.69. The van der Waals surface area contributed by atoms with E-state index < -0.39 is 11.9 Å². The van der Waals surface area contributed by atoms with Crippen LogP contribution >= 0.6 is 0 Å². The van der Waals surface area contributed by atoms with Gasteiger partial charge in [-0.25, -0.2) is 9.59 Å². The van der Waals surface area contributed by atoms with Gasteiger partial charge in [0.2, 0.25) is 0 Å². The minimum Gasteiger partial charge on any atom is -0.478 e.